The molecule has 146 valence electrons. The van der Waals surface area contributed by atoms with Gasteiger partial charge in [-0.15, -0.1) is 5.16 Å². The highest BCUT2D eigenvalue weighted by Gasteiger charge is 2.14. The number of halogens is 4. The van der Waals surface area contributed by atoms with E-state index < -0.39 is 0 Å². The van der Waals surface area contributed by atoms with Crippen LogP contribution in [0.4, 0.5) is 0 Å². The van der Waals surface area contributed by atoms with Crippen molar-refractivity contribution in [3.63, 3.8) is 0 Å². The molecule has 0 spiro atoms. The maximum absolute atomic E-state index is 8.26. The first-order valence-corrected chi connectivity index (χ1v) is 9.48. The van der Waals surface area contributed by atoms with E-state index in [1.807, 2.05) is 6.92 Å². The molecule has 0 aliphatic heterocycles. The third-order valence-corrected chi connectivity index (χ3v) is 4.02. The molecule has 26 heavy (non-hydrogen) atoms. The highest BCUT2D eigenvalue weighted by Crippen LogP contribution is 2.37. The number of hydrogen-bond donors (Lipinski definition) is 1. The van der Waals surface area contributed by atoms with Crippen LogP contribution in [0.3, 0.4) is 0 Å². The molecule has 0 amide bonds. The molecule has 0 heterocycles. The minimum absolute atomic E-state index is 0.0858. The lowest BCUT2D eigenvalue weighted by molar-refractivity contribution is 0.122. The summed E-state index contributed by atoms with van der Waals surface area (Å²) >= 11 is 23.5. The molecule has 1 N–H and O–H groups in total. The summed E-state index contributed by atoms with van der Waals surface area (Å²) in [6.45, 7) is 3.25. The monoisotopic (exact) mass is 443 g/mol. The molecule has 0 fully saturated rings. The van der Waals surface area contributed by atoms with Gasteiger partial charge in [0, 0.05) is 31.4 Å². The largest absolute Gasteiger partial charge is 0.489 e. The zero-order chi connectivity index (χ0) is 19.4. The summed E-state index contributed by atoms with van der Waals surface area (Å²) in [5.74, 6) is 0.907. The Balaban J connectivity index is 2.44. The summed E-state index contributed by atoms with van der Waals surface area (Å²) in [7, 11) is 0. The molecule has 1 aromatic rings. The highest BCUT2D eigenvalue weighted by atomic mass is 35.5. The molecular formula is C17H21Cl4NO4. The Morgan fingerprint density at radius 3 is 2.54 bits per heavy atom. The second-order valence-electron chi connectivity index (χ2n) is 5.29. The second kappa shape index (κ2) is 13.3. The first-order chi connectivity index (χ1) is 12.4. The van der Waals surface area contributed by atoms with Gasteiger partial charge in [0.25, 0.3) is 0 Å². The van der Waals surface area contributed by atoms with Gasteiger partial charge in [0.05, 0.1) is 22.8 Å². The van der Waals surface area contributed by atoms with E-state index in [4.69, 9.17) is 65.8 Å². The van der Waals surface area contributed by atoms with Crippen LogP contribution in [0, 0.1) is 0 Å². The van der Waals surface area contributed by atoms with Crippen LogP contribution in [0.2, 0.25) is 10.0 Å². The van der Waals surface area contributed by atoms with E-state index in [0.29, 0.717) is 41.2 Å². The van der Waals surface area contributed by atoms with Gasteiger partial charge in [-0.05, 0) is 25.8 Å². The van der Waals surface area contributed by atoms with Crippen molar-refractivity contribution >= 4 is 52.6 Å². The third kappa shape index (κ3) is 9.74. The lowest BCUT2D eigenvalue weighted by atomic mass is 10.2. The number of ether oxygens (including phenoxy) is 3. The maximum atomic E-state index is 8.26. The summed E-state index contributed by atoms with van der Waals surface area (Å²) < 4.78 is 16.8. The van der Waals surface area contributed by atoms with Gasteiger partial charge >= 0.3 is 0 Å². The van der Waals surface area contributed by atoms with Crippen molar-refractivity contribution in [1.82, 2.24) is 0 Å². The lowest BCUT2D eigenvalue weighted by Gasteiger charge is -2.17. The maximum Gasteiger partial charge on any atom is 0.157 e. The Hall–Kier alpha value is -0.850. The quantitative estimate of drug-likeness (QED) is 0.183. The predicted molar refractivity (Wildman–Crippen MR) is 107 cm³/mol. The van der Waals surface area contributed by atoms with E-state index in [0.717, 1.165) is 12.8 Å². The molecule has 0 aromatic heterocycles. The van der Waals surface area contributed by atoms with Crippen molar-refractivity contribution in [3.05, 3.63) is 32.7 Å². The summed E-state index contributed by atoms with van der Waals surface area (Å²) in [4.78, 5) is 0. The van der Waals surface area contributed by atoms with Crippen LogP contribution in [0.15, 0.2) is 27.9 Å². The van der Waals surface area contributed by atoms with Crippen LogP contribution in [0.1, 0.15) is 26.2 Å². The van der Waals surface area contributed by atoms with Crippen LogP contribution >= 0.6 is 46.4 Å². The second-order valence-corrected chi connectivity index (χ2v) is 7.11. The smallest absolute Gasteiger partial charge is 0.157 e. The van der Waals surface area contributed by atoms with Crippen LogP contribution in [-0.2, 0) is 4.74 Å². The number of hydrogen-bond acceptors (Lipinski definition) is 5. The van der Waals surface area contributed by atoms with Crippen molar-refractivity contribution in [3.8, 4) is 11.5 Å². The standard InChI is InChI=1S/C17H21Cl4NO4/c1-12(4-2-7-24-8-3-6-22-23)26-17-14(18)10-13(11-15(17)19)25-9-5-16(20)21/h5-6,10-12,23H,2-4,7-9H2,1H3. The zero-order valence-corrected chi connectivity index (χ0v) is 17.3. The minimum Gasteiger partial charge on any atom is -0.489 e. The Labute approximate surface area is 173 Å². The SMILES string of the molecule is CC(CCCOCCC=NO)Oc1c(Cl)cc(OCC=C(Cl)Cl)cc1Cl. The van der Waals surface area contributed by atoms with Gasteiger partial charge in [0.1, 0.15) is 16.8 Å². The van der Waals surface area contributed by atoms with Crippen molar-refractivity contribution in [2.24, 2.45) is 5.16 Å². The fourth-order valence-corrected chi connectivity index (χ4v) is 2.64. The minimum atomic E-state index is -0.0858. The zero-order valence-electron chi connectivity index (χ0n) is 14.3. The van der Waals surface area contributed by atoms with E-state index in [1.54, 1.807) is 12.1 Å². The molecule has 0 aliphatic carbocycles. The number of nitrogens with zero attached hydrogens (tertiary/aromatic N) is 1. The van der Waals surface area contributed by atoms with E-state index in [-0.39, 0.29) is 17.2 Å². The van der Waals surface area contributed by atoms with Crippen molar-refractivity contribution in [1.29, 1.82) is 0 Å². The normalized spacial score (nSPS) is 12.2. The number of benzene rings is 1. The predicted octanol–water partition coefficient (Wildman–Crippen LogP) is 6.11. The van der Waals surface area contributed by atoms with E-state index in [1.165, 1.54) is 12.3 Å². The first-order valence-electron chi connectivity index (χ1n) is 7.97. The van der Waals surface area contributed by atoms with E-state index >= 15 is 0 Å². The van der Waals surface area contributed by atoms with Gasteiger partial charge < -0.3 is 19.4 Å². The van der Waals surface area contributed by atoms with E-state index in [9.17, 15) is 0 Å². The molecule has 0 saturated heterocycles. The van der Waals surface area contributed by atoms with E-state index in [2.05, 4.69) is 5.16 Å². The molecule has 0 aliphatic rings. The molecule has 0 saturated carbocycles. The van der Waals surface area contributed by atoms with Gasteiger partial charge in [-0.25, -0.2) is 0 Å². The lowest BCUT2D eigenvalue weighted by Crippen LogP contribution is -2.13. The van der Waals surface area contributed by atoms with Crippen molar-refractivity contribution in [2.45, 2.75) is 32.3 Å². The molecule has 1 aromatic carbocycles. The fourth-order valence-electron chi connectivity index (χ4n) is 1.96. The van der Waals surface area contributed by atoms with Gasteiger partial charge in [0.15, 0.2) is 5.75 Å². The molecule has 1 unspecified atom stereocenters. The molecule has 5 nitrogen and oxygen atoms in total. The first kappa shape index (κ1) is 23.2. The van der Waals surface area contributed by atoms with Crippen LogP contribution < -0.4 is 9.47 Å². The topological polar surface area (TPSA) is 60.3 Å². The van der Waals surface area contributed by atoms with Gasteiger partial charge in [-0.1, -0.05) is 46.4 Å². The Kier molecular flexibility index (Phi) is 11.9. The number of oxime groups is 1. The summed E-state index contributed by atoms with van der Waals surface area (Å²) in [6.07, 6.45) is 4.99. The Morgan fingerprint density at radius 1 is 1.23 bits per heavy atom. The van der Waals surface area contributed by atoms with Gasteiger partial charge in [-0.2, -0.15) is 0 Å². The van der Waals surface area contributed by atoms with Crippen LogP contribution in [0.5, 0.6) is 11.5 Å². The fraction of sp³-hybridized carbons (Fsp3) is 0.471. The number of rotatable bonds is 12. The third-order valence-electron chi connectivity index (χ3n) is 3.15. The molecule has 0 bridgehead atoms. The summed E-state index contributed by atoms with van der Waals surface area (Å²) in [5, 5.41) is 11.9. The molecule has 0 radical (unpaired) electrons. The Bertz CT molecular complexity index is 583. The summed E-state index contributed by atoms with van der Waals surface area (Å²) in [5.41, 5.74) is 0. The van der Waals surface area contributed by atoms with Crippen LogP contribution in [0.25, 0.3) is 0 Å². The van der Waals surface area contributed by atoms with Crippen LogP contribution in [-0.4, -0.2) is 37.3 Å². The van der Waals surface area contributed by atoms with Gasteiger partial charge in [-0.3, -0.25) is 0 Å². The highest BCUT2D eigenvalue weighted by molar-refractivity contribution is 6.55. The molecular weight excluding hydrogens is 424 g/mol. The summed E-state index contributed by atoms with van der Waals surface area (Å²) in [6, 6.07) is 3.24. The van der Waals surface area contributed by atoms with Crippen molar-refractivity contribution in [2.75, 3.05) is 19.8 Å². The van der Waals surface area contributed by atoms with Crippen molar-refractivity contribution < 1.29 is 19.4 Å². The Morgan fingerprint density at radius 2 is 1.92 bits per heavy atom. The molecule has 9 heteroatoms. The average Bonchev–Trinajstić information content (AvgIpc) is 2.57. The average molecular weight is 445 g/mol. The molecule has 1 rings (SSSR count). The van der Waals surface area contributed by atoms with Gasteiger partial charge in [0.2, 0.25) is 0 Å². The molecule has 1 atom stereocenters.